The molecule has 0 aliphatic heterocycles. The Morgan fingerprint density at radius 2 is 2.00 bits per heavy atom. The summed E-state index contributed by atoms with van der Waals surface area (Å²) in [7, 11) is 1.91. The number of fused-ring (bicyclic) bond motifs is 3. The molecule has 3 aromatic rings. The third kappa shape index (κ3) is 2.10. The molecule has 0 atom stereocenters. The third-order valence-electron chi connectivity index (χ3n) is 3.51. The third-order valence-corrected chi connectivity index (χ3v) is 4.00. The van der Waals surface area contributed by atoms with Crippen molar-refractivity contribution in [2.24, 2.45) is 0 Å². The summed E-state index contributed by atoms with van der Waals surface area (Å²) in [6.45, 7) is 2.80. The van der Waals surface area contributed by atoms with Gasteiger partial charge < -0.3 is 9.32 Å². The molecule has 0 bridgehead atoms. The van der Waals surface area contributed by atoms with Crippen LogP contribution in [0.5, 0.6) is 0 Å². The molecule has 20 heavy (non-hydrogen) atoms. The molecule has 3 rings (SSSR count). The predicted octanol–water partition coefficient (Wildman–Crippen LogP) is 4.16. The van der Waals surface area contributed by atoms with Crippen molar-refractivity contribution in [2.45, 2.75) is 6.92 Å². The second kappa shape index (κ2) is 4.94. The van der Waals surface area contributed by atoms with Crippen LogP contribution in [-0.2, 0) is 0 Å². The van der Waals surface area contributed by atoms with Crippen LogP contribution in [0, 0.1) is 0 Å². The monoisotopic (exact) mass is 331 g/mol. The van der Waals surface area contributed by atoms with Gasteiger partial charge in [-0.3, -0.25) is 4.79 Å². The molecule has 0 unspecified atom stereocenters. The van der Waals surface area contributed by atoms with Crippen LogP contribution in [0.3, 0.4) is 0 Å². The summed E-state index contributed by atoms with van der Waals surface area (Å²) < 4.78 is 6.84. The Bertz CT molecular complexity index is 854. The lowest BCUT2D eigenvalue weighted by Crippen LogP contribution is -2.17. The lowest BCUT2D eigenvalue weighted by Gasteiger charge is -2.15. The molecule has 0 N–H and O–H groups in total. The topological polar surface area (TPSA) is 33.5 Å². The molecule has 0 fully saturated rings. The Balaban J connectivity index is 2.38. The van der Waals surface area contributed by atoms with Crippen LogP contribution in [0.2, 0.25) is 0 Å². The summed E-state index contributed by atoms with van der Waals surface area (Å²) in [5.41, 5.74) is 0.622. The molecule has 102 valence electrons. The number of benzene rings is 2. The quantitative estimate of drug-likeness (QED) is 0.661. The van der Waals surface area contributed by atoms with Crippen LogP contribution in [0.15, 0.2) is 50.1 Å². The van der Waals surface area contributed by atoms with E-state index in [1.807, 2.05) is 49.2 Å². The van der Waals surface area contributed by atoms with Crippen LogP contribution in [0.4, 0.5) is 5.88 Å². The molecule has 1 aromatic heterocycles. The molecule has 2 aromatic carbocycles. The van der Waals surface area contributed by atoms with Gasteiger partial charge >= 0.3 is 0 Å². The van der Waals surface area contributed by atoms with E-state index >= 15 is 0 Å². The fourth-order valence-corrected chi connectivity index (χ4v) is 2.67. The van der Waals surface area contributed by atoms with Crippen molar-refractivity contribution in [1.29, 1.82) is 0 Å². The zero-order valence-corrected chi connectivity index (χ0v) is 12.9. The summed E-state index contributed by atoms with van der Waals surface area (Å²) in [4.78, 5) is 14.3. The van der Waals surface area contributed by atoms with Gasteiger partial charge in [-0.05, 0) is 35.9 Å². The van der Waals surface area contributed by atoms with E-state index in [1.54, 1.807) is 6.07 Å². The smallest absolute Gasteiger partial charge is 0.199 e. The Labute approximate surface area is 124 Å². The van der Waals surface area contributed by atoms with Gasteiger partial charge in [0.2, 0.25) is 0 Å². The van der Waals surface area contributed by atoms with Crippen LogP contribution < -0.4 is 10.3 Å². The second-order valence-electron chi connectivity index (χ2n) is 4.77. The van der Waals surface area contributed by atoms with Gasteiger partial charge in [-0.2, -0.15) is 0 Å². The van der Waals surface area contributed by atoms with E-state index in [2.05, 4.69) is 15.9 Å². The minimum Gasteiger partial charge on any atom is -0.440 e. The van der Waals surface area contributed by atoms with Gasteiger partial charge in [0.25, 0.3) is 0 Å². The molecule has 0 saturated heterocycles. The highest BCUT2D eigenvalue weighted by Gasteiger charge is 2.10. The van der Waals surface area contributed by atoms with E-state index in [0.717, 1.165) is 21.8 Å². The Kier molecular flexibility index (Phi) is 3.26. The number of rotatable bonds is 2. The maximum absolute atomic E-state index is 12.4. The van der Waals surface area contributed by atoms with Gasteiger partial charge in [-0.25, -0.2) is 0 Å². The highest BCUT2D eigenvalue weighted by molar-refractivity contribution is 9.10. The minimum atomic E-state index is -0.00512. The maximum atomic E-state index is 12.4. The van der Waals surface area contributed by atoms with Gasteiger partial charge in [0.1, 0.15) is 5.58 Å². The SMILES string of the molecule is CCN(C)c1cc(=O)c2c(ccc3cc(Br)ccc32)o1. The van der Waals surface area contributed by atoms with Crippen molar-refractivity contribution >= 4 is 43.6 Å². The Morgan fingerprint density at radius 3 is 2.75 bits per heavy atom. The van der Waals surface area contributed by atoms with E-state index < -0.39 is 0 Å². The molecule has 3 nitrogen and oxygen atoms in total. The zero-order chi connectivity index (χ0) is 14.3. The van der Waals surface area contributed by atoms with E-state index in [4.69, 9.17) is 4.42 Å². The summed E-state index contributed by atoms with van der Waals surface area (Å²) in [6.07, 6.45) is 0. The van der Waals surface area contributed by atoms with E-state index in [9.17, 15) is 4.79 Å². The number of anilines is 1. The standard InChI is InChI=1S/C16H14BrNO2/c1-3-18(2)15-9-13(19)16-12-6-5-11(17)8-10(12)4-7-14(16)20-15/h4-9H,3H2,1-2H3. The molecule has 0 aliphatic rings. The van der Waals surface area contributed by atoms with E-state index in [-0.39, 0.29) is 5.43 Å². The van der Waals surface area contributed by atoms with Gasteiger partial charge in [-0.1, -0.05) is 28.1 Å². The molecule has 0 saturated carbocycles. The lowest BCUT2D eigenvalue weighted by atomic mass is 10.1. The van der Waals surface area contributed by atoms with Crippen LogP contribution in [-0.4, -0.2) is 13.6 Å². The predicted molar refractivity (Wildman–Crippen MR) is 86.6 cm³/mol. The fraction of sp³-hybridized carbons (Fsp3) is 0.188. The lowest BCUT2D eigenvalue weighted by molar-refractivity contribution is 0.589. The summed E-state index contributed by atoms with van der Waals surface area (Å²) in [6, 6.07) is 11.3. The highest BCUT2D eigenvalue weighted by Crippen LogP contribution is 2.27. The number of halogens is 1. The molecule has 4 heteroatoms. The molecule has 0 aliphatic carbocycles. The van der Waals surface area contributed by atoms with E-state index in [0.29, 0.717) is 16.9 Å². The second-order valence-corrected chi connectivity index (χ2v) is 5.68. The van der Waals surface area contributed by atoms with Crippen molar-refractivity contribution in [3.05, 3.63) is 51.1 Å². The zero-order valence-electron chi connectivity index (χ0n) is 11.3. The highest BCUT2D eigenvalue weighted by atomic mass is 79.9. The van der Waals surface area contributed by atoms with Gasteiger partial charge in [0.05, 0.1) is 5.39 Å². The maximum Gasteiger partial charge on any atom is 0.199 e. The van der Waals surface area contributed by atoms with E-state index in [1.165, 1.54) is 0 Å². The van der Waals surface area contributed by atoms with Gasteiger partial charge in [0.15, 0.2) is 11.3 Å². The molecular weight excluding hydrogens is 318 g/mol. The largest absolute Gasteiger partial charge is 0.440 e. The summed E-state index contributed by atoms with van der Waals surface area (Å²) >= 11 is 3.45. The minimum absolute atomic E-state index is 0.00512. The van der Waals surface area contributed by atoms with Crippen molar-refractivity contribution < 1.29 is 4.42 Å². The first-order valence-corrected chi connectivity index (χ1v) is 7.26. The first kappa shape index (κ1) is 13.2. The number of hydrogen-bond acceptors (Lipinski definition) is 3. The summed E-state index contributed by atoms with van der Waals surface area (Å²) in [5.74, 6) is 0.599. The molecule has 0 radical (unpaired) electrons. The average Bonchev–Trinajstić information content (AvgIpc) is 2.45. The van der Waals surface area contributed by atoms with Crippen molar-refractivity contribution in [2.75, 3.05) is 18.5 Å². The van der Waals surface area contributed by atoms with Crippen molar-refractivity contribution in [1.82, 2.24) is 0 Å². The van der Waals surface area contributed by atoms with Gasteiger partial charge in [-0.15, -0.1) is 0 Å². The van der Waals surface area contributed by atoms with Crippen molar-refractivity contribution in [3.8, 4) is 0 Å². The van der Waals surface area contributed by atoms with Crippen LogP contribution in [0.25, 0.3) is 21.7 Å². The molecular formula is C16H14BrNO2. The van der Waals surface area contributed by atoms with Crippen molar-refractivity contribution in [3.63, 3.8) is 0 Å². The summed E-state index contributed by atoms with van der Waals surface area (Å²) in [5, 5.41) is 2.59. The first-order chi connectivity index (χ1) is 9.60. The Hall–Kier alpha value is -1.81. The number of hydrogen-bond donors (Lipinski definition) is 0. The molecule has 0 amide bonds. The van der Waals surface area contributed by atoms with Crippen LogP contribution >= 0.6 is 15.9 Å². The normalized spacial score (nSPS) is 11.2. The molecule has 1 heterocycles. The fourth-order valence-electron chi connectivity index (χ4n) is 2.29. The van der Waals surface area contributed by atoms with Gasteiger partial charge in [0, 0.05) is 24.1 Å². The number of nitrogens with zero attached hydrogens (tertiary/aromatic N) is 1. The Morgan fingerprint density at radius 1 is 1.20 bits per heavy atom. The first-order valence-electron chi connectivity index (χ1n) is 6.47. The van der Waals surface area contributed by atoms with Crippen LogP contribution in [0.1, 0.15) is 6.92 Å². The molecule has 0 spiro atoms. The average molecular weight is 332 g/mol.